The number of hydrogen-bond acceptors (Lipinski definition) is 1. The first-order chi connectivity index (χ1) is 4.85. The van der Waals surface area contributed by atoms with E-state index in [4.69, 9.17) is 4.74 Å². The molecule has 0 saturated carbocycles. The molecule has 58 valence electrons. The fourth-order valence-electron chi connectivity index (χ4n) is 0.727. The molecule has 0 aliphatic carbocycles. The van der Waals surface area contributed by atoms with Crippen LogP contribution in [0.1, 0.15) is 33.1 Å². The largest absolute Gasteiger partial charge is 0.369 e. The monoisotopic (exact) mass is 140 g/mol. The standard InChI is InChI=1S/C9H16O/c1-4-6-8-9(10-3)7-5-2/h9H,4-5,7H2,1-3H3. The van der Waals surface area contributed by atoms with Crippen molar-refractivity contribution in [3.63, 3.8) is 0 Å². The summed E-state index contributed by atoms with van der Waals surface area (Å²) in [5.74, 6) is 6.06. The highest BCUT2D eigenvalue weighted by atomic mass is 16.5. The van der Waals surface area contributed by atoms with Crippen molar-refractivity contribution in [1.29, 1.82) is 0 Å². The Bertz CT molecular complexity index is 118. The highest BCUT2D eigenvalue weighted by molar-refractivity contribution is 5.04. The fraction of sp³-hybridized carbons (Fsp3) is 0.778. The van der Waals surface area contributed by atoms with Crippen LogP contribution in [-0.4, -0.2) is 13.2 Å². The van der Waals surface area contributed by atoms with Crippen LogP contribution in [0.4, 0.5) is 0 Å². The van der Waals surface area contributed by atoms with Crippen LogP contribution in [0.15, 0.2) is 0 Å². The van der Waals surface area contributed by atoms with Gasteiger partial charge in [0.1, 0.15) is 6.10 Å². The van der Waals surface area contributed by atoms with Gasteiger partial charge >= 0.3 is 0 Å². The van der Waals surface area contributed by atoms with Gasteiger partial charge in [0, 0.05) is 13.5 Å². The molecule has 0 saturated heterocycles. The van der Waals surface area contributed by atoms with Crippen LogP contribution in [-0.2, 0) is 4.74 Å². The molecule has 1 atom stereocenters. The molecule has 0 aliphatic heterocycles. The zero-order chi connectivity index (χ0) is 7.82. The molecule has 0 aromatic heterocycles. The molecule has 1 nitrogen and oxygen atoms in total. The Morgan fingerprint density at radius 2 is 2.10 bits per heavy atom. The Morgan fingerprint density at radius 3 is 2.50 bits per heavy atom. The van der Waals surface area contributed by atoms with Crippen LogP contribution >= 0.6 is 0 Å². The summed E-state index contributed by atoms with van der Waals surface area (Å²) in [6.45, 7) is 4.19. The second-order valence-corrected chi connectivity index (χ2v) is 2.19. The summed E-state index contributed by atoms with van der Waals surface area (Å²) in [4.78, 5) is 0. The molecule has 0 rings (SSSR count). The summed E-state index contributed by atoms with van der Waals surface area (Å²) in [7, 11) is 1.71. The van der Waals surface area contributed by atoms with Crippen molar-refractivity contribution in [3.8, 4) is 11.8 Å². The quantitative estimate of drug-likeness (QED) is 0.546. The van der Waals surface area contributed by atoms with Gasteiger partial charge in [-0.2, -0.15) is 0 Å². The number of hydrogen-bond donors (Lipinski definition) is 0. The van der Waals surface area contributed by atoms with E-state index in [1.807, 2.05) is 6.92 Å². The SMILES string of the molecule is CCC#CC(CCC)OC. The molecule has 0 aromatic carbocycles. The molecule has 0 N–H and O–H groups in total. The van der Waals surface area contributed by atoms with Crippen molar-refractivity contribution < 1.29 is 4.74 Å². The van der Waals surface area contributed by atoms with Crippen molar-refractivity contribution in [2.24, 2.45) is 0 Å². The van der Waals surface area contributed by atoms with Gasteiger partial charge in [-0.1, -0.05) is 26.2 Å². The summed E-state index contributed by atoms with van der Waals surface area (Å²) in [5, 5.41) is 0. The van der Waals surface area contributed by atoms with Crippen LogP contribution in [0.5, 0.6) is 0 Å². The lowest BCUT2D eigenvalue weighted by Gasteiger charge is -2.04. The Morgan fingerprint density at radius 1 is 1.40 bits per heavy atom. The third-order valence-electron chi connectivity index (χ3n) is 1.28. The maximum atomic E-state index is 5.12. The third kappa shape index (κ3) is 4.40. The normalized spacial score (nSPS) is 11.9. The first-order valence-electron chi connectivity index (χ1n) is 3.86. The average molecular weight is 140 g/mol. The van der Waals surface area contributed by atoms with Gasteiger partial charge in [-0.25, -0.2) is 0 Å². The topological polar surface area (TPSA) is 9.23 Å². The Labute approximate surface area is 63.8 Å². The van der Waals surface area contributed by atoms with Crippen molar-refractivity contribution in [2.75, 3.05) is 7.11 Å². The number of rotatable bonds is 3. The lowest BCUT2D eigenvalue weighted by atomic mass is 10.2. The van der Waals surface area contributed by atoms with E-state index in [2.05, 4.69) is 18.8 Å². The second-order valence-electron chi connectivity index (χ2n) is 2.19. The van der Waals surface area contributed by atoms with Crippen LogP contribution in [0, 0.1) is 11.8 Å². The molecule has 0 aromatic rings. The predicted octanol–water partition coefficient (Wildman–Crippen LogP) is 2.21. The summed E-state index contributed by atoms with van der Waals surface area (Å²) in [6, 6.07) is 0. The Hall–Kier alpha value is -0.480. The fourth-order valence-corrected chi connectivity index (χ4v) is 0.727. The molecule has 0 amide bonds. The summed E-state index contributed by atoms with van der Waals surface area (Å²) in [5.41, 5.74) is 0. The van der Waals surface area contributed by atoms with E-state index in [0.717, 1.165) is 19.3 Å². The van der Waals surface area contributed by atoms with Gasteiger partial charge in [-0.15, -0.1) is 5.92 Å². The summed E-state index contributed by atoms with van der Waals surface area (Å²) >= 11 is 0. The molecular formula is C9H16O. The van der Waals surface area contributed by atoms with E-state index in [1.54, 1.807) is 7.11 Å². The first-order valence-corrected chi connectivity index (χ1v) is 3.86. The van der Waals surface area contributed by atoms with Crippen molar-refractivity contribution in [3.05, 3.63) is 0 Å². The van der Waals surface area contributed by atoms with Crippen LogP contribution in [0.2, 0.25) is 0 Å². The van der Waals surface area contributed by atoms with Crippen LogP contribution in [0.3, 0.4) is 0 Å². The van der Waals surface area contributed by atoms with E-state index in [-0.39, 0.29) is 6.10 Å². The lowest BCUT2D eigenvalue weighted by Crippen LogP contribution is -2.05. The molecular weight excluding hydrogens is 124 g/mol. The highest BCUT2D eigenvalue weighted by Gasteiger charge is 1.97. The molecule has 0 heterocycles. The minimum Gasteiger partial charge on any atom is -0.369 e. The van der Waals surface area contributed by atoms with E-state index >= 15 is 0 Å². The summed E-state index contributed by atoms with van der Waals surface area (Å²) < 4.78 is 5.12. The third-order valence-corrected chi connectivity index (χ3v) is 1.28. The van der Waals surface area contributed by atoms with E-state index < -0.39 is 0 Å². The van der Waals surface area contributed by atoms with Crippen molar-refractivity contribution in [2.45, 2.75) is 39.2 Å². The molecule has 1 unspecified atom stereocenters. The van der Waals surface area contributed by atoms with Gasteiger partial charge in [0.15, 0.2) is 0 Å². The van der Waals surface area contributed by atoms with Crippen LogP contribution < -0.4 is 0 Å². The number of methoxy groups -OCH3 is 1. The molecule has 0 spiro atoms. The maximum Gasteiger partial charge on any atom is 0.117 e. The molecule has 0 bridgehead atoms. The minimum absolute atomic E-state index is 0.157. The van der Waals surface area contributed by atoms with E-state index in [9.17, 15) is 0 Å². The average Bonchev–Trinajstić information content (AvgIpc) is 1.98. The molecule has 1 heteroatoms. The Balaban J connectivity index is 3.59. The van der Waals surface area contributed by atoms with E-state index in [0.29, 0.717) is 0 Å². The van der Waals surface area contributed by atoms with Crippen molar-refractivity contribution >= 4 is 0 Å². The number of ether oxygens (including phenoxy) is 1. The van der Waals surface area contributed by atoms with E-state index in [1.165, 1.54) is 0 Å². The van der Waals surface area contributed by atoms with Crippen molar-refractivity contribution in [1.82, 2.24) is 0 Å². The van der Waals surface area contributed by atoms with Gasteiger partial charge in [-0.3, -0.25) is 0 Å². The second kappa shape index (κ2) is 6.64. The predicted molar refractivity (Wildman–Crippen MR) is 43.8 cm³/mol. The van der Waals surface area contributed by atoms with Gasteiger partial charge in [0.05, 0.1) is 0 Å². The smallest absolute Gasteiger partial charge is 0.117 e. The highest BCUT2D eigenvalue weighted by Crippen LogP contribution is 1.98. The maximum absolute atomic E-state index is 5.12. The zero-order valence-corrected chi connectivity index (χ0v) is 7.11. The first kappa shape index (κ1) is 9.52. The zero-order valence-electron chi connectivity index (χ0n) is 7.11. The van der Waals surface area contributed by atoms with Gasteiger partial charge in [0.25, 0.3) is 0 Å². The molecule has 10 heavy (non-hydrogen) atoms. The van der Waals surface area contributed by atoms with Gasteiger partial charge in [0.2, 0.25) is 0 Å². The molecule has 0 radical (unpaired) electrons. The van der Waals surface area contributed by atoms with Crippen LogP contribution in [0.25, 0.3) is 0 Å². The molecule has 0 fully saturated rings. The lowest BCUT2D eigenvalue weighted by molar-refractivity contribution is 0.140. The minimum atomic E-state index is 0.157. The van der Waals surface area contributed by atoms with Gasteiger partial charge < -0.3 is 4.74 Å². The Kier molecular flexibility index (Phi) is 6.32. The molecule has 0 aliphatic rings. The van der Waals surface area contributed by atoms with Gasteiger partial charge in [-0.05, 0) is 6.42 Å². The summed E-state index contributed by atoms with van der Waals surface area (Å²) in [6.07, 6.45) is 3.26.